The van der Waals surface area contributed by atoms with Crippen LogP contribution in [-0.2, 0) is 0 Å². The molecule has 0 aliphatic rings. The fourth-order valence-corrected chi connectivity index (χ4v) is 2.37. The molecule has 0 fully saturated rings. The van der Waals surface area contributed by atoms with Crippen LogP contribution in [0, 0.1) is 0 Å². The second-order valence-corrected chi connectivity index (χ2v) is 5.35. The topological polar surface area (TPSA) is 46.6 Å². The summed E-state index contributed by atoms with van der Waals surface area (Å²) in [7, 11) is 0. The zero-order valence-electron chi connectivity index (χ0n) is 13.1. The van der Waals surface area contributed by atoms with Crippen molar-refractivity contribution in [1.29, 1.82) is 0 Å². The summed E-state index contributed by atoms with van der Waals surface area (Å²) < 4.78 is 5.40. The van der Waals surface area contributed by atoms with Gasteiger partial charge in [-0.1, -0.05) is 11.6 Å². The molecule has 0 heterocycles. The Labute approximate surface area is 140 Å². The van der Waals surface area contributed by atoms with Gasteiger partial charge in [-0.2, -0.15) is 0 Å². The van der Waals surface area contributed by atoms with Crippen LogP contribution in [0.4, 0.5) is 5.69 Å². The number of halogens is 1. The number of anilines is 1. The Kier molecular flexibility index (Phi) is 5.77. The number of carbonyl (C=O) groups is 2. The number of aldehydes is 1. The third-order valence-corrected chi connectivity index (χ3v) is 3.79. The Bertz CT molecular complexity index is 694. The van der Waals surface area contributed by atoms with E-state index in [0.29, 0.717) is 22.4 Å². The Hall–Kier alpha value is -2.33. The molecule has 4 nitrogen and oxygen atoms in total. The molecule has 0 atom stereocenters. The lowest BCUT2D eigenvalue weighted by Gasteiger charge is -2.22. The van der Waals surface area contributed by atoms with E-state index >= 15 is 0 Å². The Morgan fingerprint density at radius 2 is 1.78 bits per heavy atom. The average molecular weight is 332 g/mol. The molecule has 0 aromatic heterocycles. The molecule has 0 unspecified atom stereocenters. The molecule has 0 radical (unpaired) electrons. The smallest absolute Gasteiger partial charge is 0.343 e. The van der Waals surface area contributed by atoms with Gasteiger partial charge in [0.2, 0.25) is 0 Å². The van der Waals surface area contributed by atoms with Crippen LogP contribution in [-0.4, -0.2) is 25.3 Å². The minimum atomic E-state index is -0.526. The van der Waals surface area contributed by atoms with Crippen LogP contribution in [0.15, 0.2) is 42.5 Å². The van der Waals surface area contributed by atoms with Gasteiger partial charge in [0.05, 0.1) is 11.1 Å². The molecule has 0 spiro atoms. The summed E-state index contributed by atoms with van der Waals surface area (Å²) in [6.45, 7) is 5.72. The molecule has 5 heteroatoms. The molecule has 2 aromatic rings. The van der Waals surface area contributed by atoms with Crippen molar-refractivity contribution >= 4 is 29.5 Å². The predicted molar refractivity (Wildman–Crippen MR) is 91.8 cm³/mol. The van der Waals surface area contributed by atoms with Gasteiger partial charge in [0.25, 0.3) is 0 Å². The minimum absolute atomic E-state index is 0.254. The van der Waals surface area contributed by atoms with E-state index in [4.69, 9.17) is 16.3 Å². The monoisotopic (exact) mass is 331 g/mol. The van der Waals surface area contributed by atoms with Crippen LogP contribution in [0.2, 0.25) is 5.02 Å². The molecular weight excluding hydrogens is 314 g/mol. The van der Waals surface area contributed by atoms with Gasteiger partial charge in [-0.3, -0.25) is 4.79 Å². The maximum atomic E-state index is 12.2. The van der Waals surface area contributed by atoms with Crippen molar-refractivity contribution in [2.45, 2.75) is 13.8 Å². The van der Waals surface area contributed by atoms with Gasteiger partial charge in [0, 0.05) is 29.9 Å². The minimum Gasteiger partial charge on any atom is -0.422 e. The van der Waals surface area contributed by atoms with Crippen molar-refractivity contribution in [1.82, 2.24) is 0 Å². The highest BCUT2D eigenvalue weighted by Gasteiger charge is 2.14. The first-order valence-electron chi connectivity index (χ1n) is 7.41. The summed E-state index contributed by atoms with van der Waals surface area (Å²) in [5.74, 6) is -0.272. The number of carbonyl (C=O) groups excluding carboxylic acids is 2. The Morgan fingerprint density at radius 1 is 1.13 bits per heavy atom. The Balaban J connectivity index is 2.29. The van der Waals surface area contributed by atoms with Crippen molar-refractivity contribution < 1.29 is 14.3 Å². The summed E-state index contributed by atoms with van der Waals surface area (Å²) in [4.78, 5) is 25.5. The number of benzene rings is 2. The number of rotatable bonds is 6. The maximum Gasteiger partial charge on any atom is 0.343 e. The number of esters is 1. The first-order chi connectivity index (χ1) is 11.1. The van der Waals surface area contributed by atoms with Crippen LogP contribution in [0.3, 0.4) is 0 Å². The van der Waals surface area contributed by atoms with E-state index in [1.54, 1.807) is 36.4 Å². The molecule has 2 rings (SSSR count). The average Bonchev–Trinajstić information content (AvgIpc) is 2.57. The molecule has 0 aliphatic carbocycles. The maximum absolute atomic E-state index is 12.2. The van der Waals surface area contributed by atoms with Gasteiger partial charge in [-0.05, 0) is 50.2 Å². The van der Waals surface area contributed by atoms with E-state index < -0.39 is 5.97 Å². The zero-order chi connectivity index (χ0) is 16.8. The van der Waals surface area contributed by atoms with E-state index in [1.165, 1.54) is 0 Å². The molecule has 0 bridgehead atoms. The number of ether oxygens (including phenoxy) is 1. The first-order valence-corrected chi connectivity index (χ1v) is 7.78. The summed E-state index contributed by atoms with van der Waals surface area (Å²) in [6, 6.07) is 11.6. The molecule has 0 N–H and O–H groups in total. The third kappa shape index (κ3) is 4.11. The number of hydrogen-bond donors (Lipinski definition) is 0. The highest BCUT2D eigenvalue weighted by Crippen LogP contribution is 2.26. The van der Waals surface area contributed by atoms with Crippen LogP contribution in [0.5, 0.6) is 5.75 Å². The van der Waals surface area contributed by atoms with E-state index in [2.05, 4.69) is 4.90 Å². The highest BCUT2D eigenvalue weighted by atomic mass is 35.5. The van der Waals surface area contributed by atoms with E-state index in [0.717, 1.165) is 18.8 Å². The molecule has 23 heavy (non-hydrogen) atoms. The molecule has 2 aromatic carbocycles. The van der Waals surface area contributed by atoms with Crippen LogP contribution in [0.1, 0.15) is 34.6 Å². The van der Waals surface area contributed by atoms with Gasteiger partial charge in [-0.25, -0.2) is 4.79 Å². The summed E-state index contributed by atoms with van der Waals surface area (Å²) in [6.07, 6.45) is 0.677. The zero-order valence-corrected chi connectivity index (χ0v) is 13.8. The van der Waals surface area contributed by atoms with Crippen molar-refractivity contribution in [3.8, 4) is 5.75 Å². The van der Waals surface area contributed by atoms with Crippen molar-refractivity contribution in [3.05, 3.63) is 58.6 Å². The molecular formula is C18H18ClNO3. The van der Waals surface area contributed by atoms with Crippen molar-refractivity contribution in [3.63, 3.8) is 0 Å². The SMILES string of the molecule is CCN(CC)c1ccc(C=O)c(OC(=O)c2ccc(Cl)cc2)c1. The van der Waals surface area contributed by atoms with Crippen LogP contribution >= 0.6 is 11.6 Å². The number of hydrogen-bond acceptors (Lipinski definition) is 4. The van der Waals surface area contributed by atoms with E-state index in [1.807, 2.05) is 19.9 Å². The van der Waals surface area contributed by atoms with Crippen molar-refractivity contribution in [2.75, 3.05) is 18.0 Å². The molecule has 120 valence electrons. The number of nitrogens with zero attached hydrogens (tertiary/aromatic N) is 1. The van der Waals surface area contributed by atoms with Gasteiger partial charge < -0.3 is 9.64 Å². The largest absolute Gasteiger partial charge is 0.422 e. The fourth-order valence-electron chi connectivity index (χ4n) is 2.24. The summed E-state index contributed by atoms with van der Waals surface area (Å²) in [5.41, 5.74) is 1.61. The normalized spacial score (nSPS) is 10.2. The quantitative estimate of drug-likeness (QED) is 0.452. The first kappa shape index (κ1) is 17.0. The highest BCUT2D eigenvalue weighted by molar-refractivity contribution is 6.30. The second kappa shape index (κ2) is 7.79. The summed E-state index contributed by atoms with van der Waals surface area (Å²) in [5, 5.41) is 0.540. The third-order valence-electron chi connectivity index (χ3n) is 3.54. The predicted octanol–water partition coefficient (Wildman–Crippen LogP) is 4.22. The van der Waals surface area contributed by atoms with Gasteiger partial charge in [-0.15, -0.1) is 0 Å². The van der Waals surface area contributed by atoms with Gasteiger partial charge in [0.1, 0.15) is 5.75 Å². The molecule has 0 aliphatic heterocycles. The molecule has 0 saturated heterocycles. The van der Waals surface area contributed by atoms with Crippen molar-refractivity contribution in [2.24, 2.45) is 0 Å². The standard InChI is InChI=1S/C18H18ClNO3/c1-3-20(4-2)16-10-7-14(12-21)17(11-16)23-18(22)13-5-8-15(19)9-6-13/h5-12H,3-4H2,1-2H3. The lowest BCUT2D eigenvalue weighted by molar-refractivity contribution is 0.0733. The van der Waals surface area contributed by atoms with Gasteiger partial charge in [0.15, 0.2) is 6.29 Å². The lowest BCUT2D eigenvalue weighted by atomic mass is 10.1. The van der Waals surface area contributed by atoms with E-state index in [9.17, 15) is 9.59 Å². The van der Waals surface area contributed by atoms with Crippen LogP contribution in [0.25, 0.3) is 0 Å². The molecule has 0 saturated carbocycles. The second-order valence-electron chi connectivity index (χ2n) is 4.91. The van der Waals surface area contributed by atoms with Crippen LogP contribution < -0.4 is 9.64 Å². The lowest BCUT2D eigenvalue weighted by Crippen LogP contribution is -2.22. The van der Waals surface area contributed by atoms with Gasteiger partial charge >= 0.3 is 5.97 Å². The van der Waals surface area contributed by atoms with E-state index in [-0.39, 0.29) is 5.75 Å². The fraction of sp³-hybridized carbons (Fsp3) is 0.222. The Morgan fingerprint density at radius 3 is 2.35 bits per heavy atom. The molecule has 0 amide bonds. The summed E-state index contributed by atoms with van der Waals surface area (Å²) >= 11 is 5.81.